The summed E-state index contributed by atoms with van der Waals surface area (Å²) in [6.07, 6.45) is 8.16. The molecule has 0 saturated carbocycles. The molecular formula is C27H25N5OS. The molecular weight excluding hydrogens is 442 g/mol. The minimum absolute atomic E-state index is 0.624. The number of benzene rings is 3. The van der Waals surface area contributed by atoms with E-state index in [-0.39, 0.29) is 0 Å². The number of nitrogens with two attached hydrogens (primary N) is 1. The summed E-state index contributed by atoms with van der Waals surface area (Å²) < 4.78 is 13.8. The van der Waals surface area contributed by atoms with Crippen molar-refractivity contribution in [2.75, 3.05) is 13.1 Å². The summed E-state index contributed by atoms with van der Waals surface area (Å²) in [5.74, 6) is 0.641. The fraction of sp³-hybridized carbons (Fsp3) is 0.185. The van der Waals surface area contributed by atoms with E-state index in [2.05, 4.69) is 34.7 Å². The van der Waals surface area contributed by atoms with Crippen molar-refractivity contribution in [1.29, 1.82) is 0 Å². The summed E-state index contributed by atoms with van der Waals surface area (Å²) >= 11 is 0. The summed E-state index contributed by atoms with van der Waals surface area (Å²) in [6.45, 7) is 2.19. The summed E-state index contributed by atoms with van der Waals surface area (Å²) in [5.41, 5.74) is 6.27. The second-order valence-electron chi connectivity index (χ2n) is 8.77. The van der Waals surface area contributed by atoms with E-state index >= 15 is 0 Å². The van der Waals surface area contributed by atoms with E-state index in [0.29, 0.717) is 10.8 Å². The number of nitrogens with zero attached hydrogens (tertiary/aromatic N) is 3. The van der Waals surface area contributed by atoms with Crippen LogP contribution in [0, 0.1) is 0 Å². The zero-order chi connectivity index (χ0) is 23.1. The third-order valence-corrected chi connectivity index (χ3v) is 7.59. The van der Waals surface area contributed by atoms with Gasteiger partial charge in [-0.1, -0.05) is 54.6 Å². The van der Waals surface area contributed by atoms with Gasteiger partial charge < -0.3 is 5.32 Å². The molecule has 34 heavy (non-hydrogen) atoms. The van der Waals surface area contributed by atoms with Crippen LogP contribution in [0.2, 0.25) is 0 Å². The molecule has 5 aromatic rings. The number of aromatic nitrogens is 3. The molecule has 1 saturated heterocycles. The van der Waals surface area contributed by atoms with Gasteiger partial charge in [0.25, 0.3) is 0 Å². The Balaban J connectivity index is 1.37. The first-order chi connectivity index (χ1) is 16.7. The molecule has 1 unspecified atom stereocenters. The molecule has 2 aromatic heterocycles. The zero-order valence-electron chi connectivity index (χ0n) is 18.6. The van der Waals surface area contributed by atoms with Gasteiger partial charge in [0.1, 0.15) is 11.0 Å². The maximum Gasteiger partial charge on any atom is 0.162 e. The Hall–Kier alpha value is -3.39. The van der Waals surface area contributed by atoms with Crippen molar-refractivity contribution in [2.24, 2.45) is 5.14 Å². The second-order valence-corrected chi connectivity index (χ2v) is 9.80. The normalized spacial score (nSPS) is 15.7. The third kappa shape index (κ3) is 3.72. The van der Waals surface area contributed by atoms with Crippen molar-refractivity contribution < 1.29 is 4.21 Å². The Labute approximate surface area is 200 Å². The van der Waals surface area contributed by atoms with Crippen molar-refractivity contribution in [3.05, 3.63) is 84.8 Å². The van der Waals surface area contributed by atoms with Gasteiger partial charge in [-0.15, -0.1) is 0 Å². The first-order valence-corrected chi connectivity index (χ1v) is 12.7. The molecule has 0 radical (unpaired) electrons. The molecule has 1 atom stereocenters. The molecule has 3 aromatic carbocycles. The third-order valence-electron chi connectivity index (χ3n) is 6.80. The average molecular weight is 468 g/mol. The fourth-order valence-electron chi connectivity index (χ4n) is 5.00. The lowest BCUT2D eigenvalue weighted by Crippen LogP contribution is -2.26. The van der Waals surface area contributed by atoms with Crippen LogP contribution in [0.25, 0.3) is 38.7 Å². The van der Waals surface area contributed by atoms with E-state index in [1.54, 1.807) is 0 Å². The molecule has 3 N–H and O–H groups in total. The molecule has 7 heteroatoms. The Bertz CT molecular complexity index is 1520. The van der Waals surface area contributed by atoms with Gasteiger partial charge in [-0.3, -0.25) is 0 Å². The van der Waals surface area contributed by atoms with Crippen LogP contribution >= 0.6 is 0 Å². The highest BCUT2D eigenvalue weighted by atomic mass is 32.2. The SMILES string of the molecule is NS(=O)c1ccc(-c2cnn3cc(-c4ccc(C5CCNCC5)cc4)cnc23)c2ccccc12. The monoisotopic (exact) mass is 467 g/mol. The first-order valence-electron chi connectivity index (χ1n) is 11.5. The van der Waals surface area contributed by atoms with E-state index in [1.165, 1.54) is 18.4 Å². The lowest BCUT2D eigenvalue weighted by Gasteiger charge is -2.23. The molecule has 1 aliphatic heterocycles. The minimum atomic E-state index is -1.55. The topological polar surface area (TPSA) is 85.3 Å². The van der Waals surface area contributed by atoms with Crippen molar-refractivity contribution >= 4 is 27.4 Å². The molecule has 3 heterocycles. The lowest BCUT2D eigenvalue weighted by atomic mass is 9.89. The van der Waals surface area contributed by atoms with Gasteiger partial charge >= 0.3 is 0 Å². The molecule has 0 spiro atoms. The molecule has 0 aliphatic carbocycles. The van der Waals surface area contributed by atoms with Crippen molar-refractivity contribution in [2.45, 2.75) is 23.7 Å². The molecule has 0 amide bonds. The van der Waals surface area contributed by atoms with Gasteiger partial charge in [-0.2, -0.15) is 5.10 Å². The van der Waals surface area contributed by atoms with Crippen LogP contribution in [0.4, 0.5) is 0 Å². The van der Waals surface area contributed by atoms with Gasteiger partial charge in [-0.05, 0) is 65.4 Å². The van der Waals surface area contributed by atoms with Crippen LogP contribution in [0.1, 0.15) is 24.3 Å². The summed E-state index contributed by atoms with van der Waals surface area (Å²) in [4.78, 5) is 5.40. The number of piperidine rings is 1. The lowest BCUT2D eigenvalue weighted by molar-refractivity contribution is 0.460. The number of rotatable bonds is 4. The first kappa shape index (κ1) is 21.2. The molecule has 6 nitrogen and oxygen atoms in total. The molecule has 1 fully saturated rings. The van der Waals surface area contributed by atoms with Gasteiger partial charge in [0.15, 0.2) is 5.65 Å². The Kier molecular flexibility index (Phi) is 5.45. The smallest absolute Gasteiger partial charge is 0.162 e. The van der Waals surface area contributed by atoms with Crippen molar-refractivity contribution in [3.63, 3.8) is 0 Å². The maximum absolute atomic E-state index is 12.0. The van der Waals surface area contributed by atoms with Crippen LogP contribution in [-0.4, -0.2) is 31.9 Å². The number of hydrogen-bond donors (Lipinski definition) is 2. The van der Waals surface area contributed by atoms with Crippen LogP contribution < -0.4 is 10.5 Å². The number of nitrogens with one attached hydrogen (secondary N) is 1. The second kappa shape index (κ2) is 8.76. The van der Waals surface area contributed by atoms with Gasteiger partial charge in [-0.25, -0.2) is 18.8 Å². The van der Waals surface area contributed by atoms with Crippen LogP contribution in [0.5, 0.6) is 0 Å². The summed E-state index contributed by atoms with van der Waals surface area (Å²) in [7, 11) is -1.55. The molecule has 6 rings (SSSR count). The summed E-state index contributed by atoms with van der Waals surface area (Å²) in [6, 6.07) is 20.5. The van der Waals surface area contributed by atoms with E-state index in [4.69, 9.17) is 10.1 Å². The Morgan fingerprint density at radius 3 is 2.41 bits per heavy atom. The van der Waals surface area contributed by atoms with E-state index in [1.807, 2.05) is 59.5 Å². The van der Waals surface area contributed by atoms with E-state index in [0.717, 1.165) is 51.8 Å². The van der Waals surface area contributed by atoms with Crippen molar-refractivity contribution in [3.8, 4) is 22.3 Å². The molecule has 0 bridgehead atoms. The van der Waals surface area contributed by atoms with Crippen LogP contribution in [0.15, 0.2) is 84.1 Å². The van der Waals surface area contributed by atoms with E-state index < -0.39 is 11.0 Å². The highest BCUT2D eigenvalue weighted by Crippen LogP contribution is 2.34. The average Bonchev–Trinajstić information content (AvgIpc) is 3.31. The standard InChI is InChI=1S/C27H25N5OS/c28-34(33)26-10-9-23(22-3-1-2-4-24(22)26)25-16-31-32-17-21(15-30-27(25)32)19-7-5-18(6-8-19)20-11-13-29-14-12-20/h1-10,15-17,20,29H,11-14,28H2. The van der Waals surface area contributed by atoms with Gasteiger partial charge in [0, 0.05) is 23.5 Å². The van der Waals surface area contributed by atoms with Gasteiger partial charge in [0.2, 0.25) is 0 Å². The van der Waals surface area contributed by atoms with Crippen molar-refractivity contribution in [1.82, 2.24) is 19.9 Å². The fourth-order valence-corrected chi connectivity index (χ4v) is 5.60. The largest absolute Gasteiger partial charge is 0.317 e. The Morgan fingerprint density at radius 2 is 1.65 bits per heavy atom. The number of hydrogen-bond acceptors (Lipinski definition) is 4. The minimum Gasteiger partial charge on any atom is -0.317 e. The Morgan fingerprint density at radius 1 is 0.882 bits per heavy atom. The van der Waals surface area contributed by atoms with Gasteiger partial charge in [0.05, 0.1) is 11.1 Å². The van der Waals surface area contributed by atoms with E-state index in [9.17, 15) is 4.21 Å². The highest BCUT2D eigenvalue weighted by Gasteiger charge is 2.17. The van der Waals surface area contributed by atoms with Crippen LogP contribution in [-0.2, 0) is 11.0 Å². The zero-order valence-corrected chi connectivity index (χ0v) is 19.5. The number of fused-ring (bicyclic) bond motifs is 2. The quantitative estimate of drug-likeness (QED) is 0.402. The molecule has 1 aliphatic rings. The predicted molar refractivity (Wildman–Crippen MR) is 137 cm³/mol. The predicted octanol–water partition coefficient (Wildman–Crippen LogP) is 4.66. The molecule has 170 valence electrons. The van der Waals surface area contributed by atoms with Crippen LogP contribution in [0.3, 0.4) is 0 Å². The summed E-state index contributed by atoms with van der Waals surface area (Å²) in [5, 5.41) is 15.6. The maximum atomic E-state index is 12.0. The highest BCUT2D eigenvalue weighted by molar-refractivity contribution is 7.83.